The monoisotopic (exact) mass is 228 g/mol. The number of para-hydroxylation sites is 1. The number of rotatable bonds is 2. The molecule has 0 bridgehead atoms. The lowest BCUT2D eigenvalue weighted by Crippen LogP contribution is -1.99. The lowest BCUT2D eigenvalue weighted by molar-refractivity contribution is 0.416. The van der Waals surface area contributed by atoms with Crippen LogP contribution in [0.4, 0.5) is 11.4 Å². The summed E-state index contributed by atoms with van der Waals surface area (Å²) in [5, 5.41) is 0. The van der Waals surface area contributed by atoms with Crippen LogP contribution in [0.1, 0.15) is 5.56 Å². The Labute approximate surface area is 101 Å². The van der Waals surface area contributed by atoms with Crippen LogP contribution in [0, 0.1) is 6.92 Å². The Morgan fingerprint density at radius 3 is 2.35 bits per heavy atom. The SMILES string of the molecule is COc1ccccc1-c1ccc(N)c(C)c1N. The van der Waals surface area contributed by atoms with E-state index in [-0.39, 0.29) is 0 Å². The minimum absolute atomic E-state index is 0.703. The summed E-state index contributed by atoms with van der Waals surface area (Å²) in [4.78, 5) is 0. The molecule has 0 saturated carbocycles. The standard InChI is InChI=1S/C14H16N2O/c1-9-12(15)8-7-11(14(9)16)10-5-3-4-6-13(10)17-2/h3-8H,15-16H2,1-2H3. The zero-order valence-electron chi connectivity index (χ0n) is 10.0. The first-order valence-electron chi connectivity index (χ1n) is 5.43. The first-order valence-corrected chi connectivity index (χ1v) is 5.43. The molecule has 0 fully saturated rings. The summed E-state index contributed by atoms with van der Waals surface area (Å²) in [6.07, 6.45) is 0. The van der Waals surface area contributed by atoms with Crippen LogP contribution in [-0.2, 0) is 0 Å². The van der Waals surface area contributed by atoms with Gasteiger partial charge in [-0.05, 0) is 24.6 Å². The van der Waals surface area contributed by atoms with Gasteiger partial charge in [0.1, 0.15) is 5.75 Å². The number of nitrogens with two attached hydrogens (primary N) is 2. The minimum Gasteiger partial charge on any atom is -0.496 e. The molecule has 0 aliphatic heterocycles. The molecule has 0 amide bonds. The third-order valence-electron chi connectivity index (χ3n) is 2.95. The van der Waals surface area contributed by atoms with Crippen molar-refractivity contribution in [3.8, 4) is 16.9 Å². The van der Waals surface area contributed by atoms with Gasteiger partial charge in [0, 0.05) is 22.5 Å². The fraction of sp³-hybridized carbons (Fsp3) is 0.143. The summed E-state index contributed by atoms with van der Waals surface area (Å²) < 4.78 is 5.34. The van der Waals surface area contributed by atoms with Gasteiger partial charge in [-0.25, -0.2) is 0 Å². The van der Waals surface area contributed by atoms with E-state index < -0.39 is 0 Å². The normalized spacial score (nSPS) is 10.2. The van der Waals surface area contributed by atoms with E-state index in [2.05, 4.69) is 0 Å². The maximum absolute atomic E-state index is 6.10. The highest BCUT2D eigenvalue weighted by Gasteiger charge is 2.10. The van der Waals surface area contributed by atoms with E-state index in [1.54, 1.807) is 7.11 Å². The highest BCUT2D eigenvalue weighted by atomic mass is 16.5. The van der Waals surface area contributed by atoms with Crippen LogP contribution in [0.25, 0.3) is 11.1 Å². The van der Waals surface area contributed by atoms with Crippen molar-refractivity contribution < 1.29 is 4.74 Å². The molecule has 0 radical (unpaired) electrons. The van der Waals surface area contributed by atoms with Gasteiger partial charge in [0.15, 0.2) is 0 Å². The molecule has 3 nitrogen and oxygen atoms in total. The molecule has 17 heavy (non-hydrogen) atoms. The molecule has 0 saturated heterocycles. The number of nitrogen functional groups attached to an aromatic ring is 2. The average molecular weight is 228 g/mol. The molecule has 88 valence electrons. The number of hydrogen-bond acceptors (Lipinski definition) is 3. The lowest BCUT2D eigenvalue weighted by Gasteiger charge is -2.13. The number of ether oxygens (including phenoxy) is 1. The van der Waals surface area contributed by atoms with Gasteiger partial charge in [0.05, 0.1) is 7.11 Å². The number of benzene rings is 2. The van der Waals surface area contributed by atoms with Crippen molar-refractivity contribution in [1.29, 1.82) is 0 Å². The van der Waals surface area contributed by atoms with Gasteiger partial charge in [-0.15, -0.1) is 0 Å². The second-order valence-electron chi connectivity index (χ2n) is 3.94. The van der Waals surface area contributed by atoms with Crippen molar-refractivity contribution in [2.45, 2.75) is 6.92 Å². The summed E-state index contributed by atoms with van der Waals surface area (Å²) in [5.74, 6) is 0.809. The fourth-order valence-corrected chi connectivity index (χ4v) is 1.85. The zero-order chi connectivity index (χ0) is 12.4. The predicted octanol–water partition coefficient (Wildman–Crippen LogP) is 2.84. The van der Waals surface area contributed by atoms with Crippen LogP contribution >= 0.6 is 0 Å². The molecule has 2 aromatic carbocycles. The molecule has 0 unspecified atom stereocenters. The van der Waals surface area contributed by atoms with Gasteiger partial charge in [0.25, 0.3) is 0 Å². The van der Waals surface area contributed by atoms with Gasteiger partial charge in [-0.2, -0.15) is 0 Å². The molecule has 0 spiro atoms. The predicted molar refractivity (Wildman–Crippen MR) is 72.0 cm³/mol. The van der Waals surface area contributed by atoms with Crippen molar-refractivity contribution in [2.75, 3.05) is 18.6 Å². The highest BCUT2D eigenvalue weighted by molar-refractivity contribution is 5.84. The summed E-state index contributed by atoms with van der Waals surface area (Å²) in [5.41, 5.74) is 16.2. The third kappa shape index (κ3) is 1.91. The topological polar surface area (TPSA) is 61.3 Å². The fourth-order valence-electron chi connectivity index (χ4n) is 1.85. The first-order chi connectivity index (χ1) is 8.15. The molecule has 0 aromatic heterocycles. The van der Waals surface area contributed by atoms with Crippen LogP contribution in [0.2, 0.25) is 0 Å². The first kappa shape index (κ1) is 11.3. The van der Waals surface area contributed by atoms with E-state index in [0.29, 0.717) is 11.4 Å². The van der Waals surface area contributed by atoms with Gasteiger partial charge in [-0.3, -0.25) is 0 Å². The maximum atomic E-state index is 6.10. The third-order valence-corrected chi connectivity index (χ3v) is 2.95. The van der Waals surface area contributed by atoms with Crippen LogP contribution in [0.3, 0.4) is 0 Å². The molecule has 0 atom stereocenters. The summed E-state index contributed by atoms with van der Waals surface area (Å²) in [6, 6.07) is 11.6. The van der Waals surface area contributed by atoms with Gasteiger partial charge >= 0.3 is 0 Å². The Balaban J connectivity index is 2.65. The summed E-state index contributed by atoms with van der Waals surface area (Å²) >= 11 is 0. The molecule has 4 N–H and O–H groups in total. The van der Waals surface area contributed by atoms with Crippen LogP contribution in [0.15, 0.2) is 36.4 Å². The van der Waals surface area contributed by atoms with Gasteiger partial charge in [-0.1, -0.05) is 24.3 Å². The largest absolute Gasteiger partial charge is 0.496 e. The van der Waals surface area contributed by atoms with E-state index in [1.807, 2.05) is 43.3 Å². The van der Waals surface area contributed by atoms with Gasteiger partial charge in [0.2, 0.25) is 0 Å². The van der Waals surface area contributed by atoms with Crippen LogP contribution in [0.5, 0.6) is 5.75 Å². The quantitative estimate of drug-likeness (QED) is 0.777. The van der Waals surface area contributed by atoms with Crippen LogP contribution in [-0.4, -0.2) is 7.11 Å². The molecule has 2 rings (SSSR count). The second kappa shape index (κ2) is 4.37. The number of hydrogen-bond donors (Lipinski definition) is 2. The smallest absolute Gasteiger partial charge is 0.126 e. The number of methoxy groups -OCH3 is 1. The van der Waals surface area contributed by atoms with Crippen LogP contribution < -0.4 is 16.2 Å². The molecule has 0 aliphatic rings. The summed E-state index contributed by atoms with van der Waals surface area (Å²) in [7, 11) is 1.65. The zero-order valence-corrected chi connectivity index (χ0v) is 10.0. The lowest BCUT2D eigenvalue weighted by atomic mass is 9.99. The molecule has 2 aromatic rings. The maximum Gasteiger partial charge on any atom is 0.126 e. The average Bonchev–Trinajstić information content (AvgIpc) is 2.36. The molecular formula is C14H16N2O. The Kier molecular flexibility index (Phi) is 2.91. The van der Waals surface area contributed by atoms with Crippen molar-refractivity contribution in [2.24, 2.45) is 0 Å². The molecule has 0 aliphatic carbocycles. The van der Waals surface area contributed by atoms with Crippen molar-refractivity contribution in [3.63, 3.8) is 0 Å². The summed E-state index contributed by atoms with van der Waals surface area (Å²) in [6.45, 7) is 1.92. The minimum atomic E-state index is 0.703. The second-order valence-corrected chi connectivity index (χ2v) is 3.94. The Bertz CT molecular complexity index is 550. The van der Waals surface area contributed by atoms with E-state index in [1.165, 1.54) is 0 Å². The highest BCUT2D eigenvalue weighted by Crippen LogP contribution is 2.36. The van der Waals surface area contributed by atoms with E-state index in [4.69, 9.17) is 16.2 Å². The molecule has 0 heterocycles. The Morgan fingerprint density at radius 2 is 1.65 bits per heavy atom. The van der Waals surface area contributed by atoms with Crippen molar-refractivity contribution in [1.82, 2.24) is 0 Å². The van der Waals surface area contributed by atoms with Crippen molar-refractivity contribution >= 4 is 11.4 Å². The van der Waals surface area contributed by atoms with E-state index in [0.717, 1.165) is 22.4 Å². The Morgan fingerprint density at radius 1 is 0.941 bits per heavy atom. The molecular weight excluding hydrogens is 212 g/mol. The van der Waals surface area contributed by atoms with Gasteiger partial charge < -0.3 is 16.2 Å². The molecule has 3 heteroatoms. The van der Waals surface area contributed by atoms with E-state index in [9.17, 15) is 0 Å². The Hall–Kier alpha value is -2.16. The van der Waals surface area contributed by atoms with E-state index >= 15 is 0 Å². The van der Waals surface area contributed by atoms with Crippen molar-refractivity contribution in [3.05, 3.63) is 42.0 Å². The number of anilines is 2.